The second-order valence-corrected chi connectivity index (χ2v) is 9.62. The molecule has 1 aliphatic heterocycles. The van der Waals surface area contributed by atoms with Crippen LogP contribution in [0.4, 0.5) is 0 Å². The summed E-state index contributed by atoms with van der Waals surface area (Å²) in [5, 5.41) is 4.20. The lowest BCUT2D eigenvalue weighted by Gasteiger charge is -2.28. The summed E-state index contributed by atoms with van der Waals surface area (Å²) >= 11 is 0. The lowest BCUT2D eigenvalue weighted by molar-refractivity contribution is -0.132. The smallest absolute Gasteiger partial charge is 0.223 e. The summed E-state index contributed by atoms with van der Waals surface area (Å²) in [6, 6.07) is -0.0463. The molecule has 2 heterocycles. The van der Waals surface area contributed by atoms with Gasteiger partial charge in [-0.2, -0.15) is 5.10 Å². The van der Waals surface area contributed by atoms with Gasteiger partial charge < -0.3 is 9.64 Å². The molecule has 7 nitrogen and oxygen atoms in total. The van der Waals surface area contributed by atoms with Crippen LogP contribution < -0.4 is 0 Å². The second kappa shape index (κ2) is 7.45. The number of aromatic nitrogens is 2. The maximum atomic E-state index is 12.6. The third-order valence-electron chi connectivity index (χ3n) is 4.94. The highest BCUT2D eigenvalue weighted by molar-refractivity contribution is 7.90. The van der Waals surface area contributed by atoms with E-state index in [0.717, 1.165) is 18.6 Å². The molecule has 2 fully saturated rings. The van der Waals surface area contributed by atoms with Gasteiger partial charge in [0.2, 0.25) is 5.91 Å². The van der Waals surface area contributed by atoms with E-state index >= 15 is 0 Å². The predicted molar refractivity (Wildman–Crippen MR) is 93.8 cm³/mol. The van der Waals surface area contributed by atoms with E-state index in [1.807, 2.05) is 24.3 Å². The first-order valence-electron chi connectivity index (χ1n) is 8.88. The number of amides is 1. The molecule has 1 aromatic rings. The topological polar surface area (TPSA) is 81.5 Å². The van der Waals surface area contributed by atoms with Crippen LogP contribution in [0.15, 0.2) is 12.4 Å². The molecule has 1 amide bonds. The Labute approximate surface area is 149 Å². The molecule has 0 unspecified atom stereocenters. The van der Waals surface area contributed by atoms with Crippen molar-refractivity contribution in [2.24, 2.45) is 13.0 Å². The van der Waals surface area contributed by atoms with Gasteiger partial charge in [0.05, 0.1) is 24.1 Å². The Bertz CT molecular complexity index is 711. The van der Waals surface area contributed by atoms with Gasteiger partial charge in [-0.1, -0.05) is 0 Å². The van der Waals surface area contributed by atoms with Crippen molar-refractivity contribution in [2.75, 3.05) is 25.2 Å². The van der Waals surface area contributed by atoms with Gasteiger partial charge in [-0.15, -0.1) is 0 Å². The standard InChI is InChI=1S/C17H27N3O4S/c1-19-11-14(10-18-19)9-15-16(24-12-13-3-4-13)5-7-20(15)17(21)6-8-25(2,22)23/h10-11,13,15-16H,3-9,12H2,1-2H3/t15-,16+/m0/s1. The summed E-state index contributed by atoms with van der Waals surface area (Å²) < 4.78 is 30.6. The lowest BCUT2D eigenvalue weighted by atomic mass is 10.0. The molecule has 1 saturated heterocycles. The van der Waals surface area contributed by atoms with Crippen molar-refractivity contribution >= 4 is 15.7 Å². The first-order valence-corrected chi connectivity index (χ1v) is 10.9. The van der Waals surface area contributed by atoms with Crippen LogP contribution >= 0.6 is 0 Å². The van der Waals surface area contributed by atoms with Crippen molar-refractivity contribution in [2.45, 2.75) is 44.2 Å². The summed E-state index contributed by atoms with van der Waals surface area (Å²) in [5.74, 6) is 0.473. The molecule has 2 atom stereocenters. The number of hydrogen-bond donors (Lipinski definition) is 0. The molecule has 1 saturated carbocycles. The highest BCUT2D eigenvalue weighted by atomic mass is 32.2. The molecule has 140 valence electrons. The number of aryl methyl sites for hydroxylation is 1. The average Bonchev–Trinajstić information content (AvgIpc) is 3.15. The summed E-state index contributed by atoms with van der Waals surface area (Å²) in [5.41, 5.74) is 1.07. The quantitative estimate of drug-likeness (QED) is 0.677. The Kier molecular flexibility index (Phi) is 5.48. The molecule has 8 heteroatoms. The normalized spacial score (nSPS) is 24.0. The van der Waals surface area contributed by atoms with Crippen molar-refractivity contribution < 1.29 is 17.9 Å². The van der Waals surface area contributed by atoms with Crippen LogP contribution in [0.3, 0.4) is 0 Å². The van der Waals surface area contributed by atoms with Crippen LogP contribution in [-0.4, -0.2) is 66.3 Å². The average molecular weight is 369 g/mol. The van der Waals surface area contributed by atoms with Crippen LogP contribution in [0.25, 0.3) is 0 Å². The molecule has 0 aromatic carbocycles. The fourth-order valence-corrected chi connectivity index (χ4v) is 3.90. The molecular weight excluding hydrogens is 342 g/mol. The van der Waals surface area contributed by atoms with Gasteiger partial charge in [-0.25, -0.2) is 8.42 Å². The largest absolute Gasteiger partial charge is 0.376 e. The van der Waals surface area contributed by atoms with Crippen molar-refractivity contribution in [1.82, 2.24) is 14.7 Å². The first-order chi connectivity index (χ1) is 11.8. The van der Waals surface area contributed by atoms with Gasteiger partial charge in [-0.3, -0.25) is 9.48 Å². The molecule has 0 N–H and O–H groups in total. The minimum absolute atomic E-state index is 0.0167. The Morgan fingerprint density at radius 3 is 2.72 bits per heavy atom. The number of sulfone groups is 1. The zero-order valence-electron chi connectivity index (χ0n) is 14.9. The number of likely N-dealkylation sites (tertiary alicyclic amines) is 1. The highest BCUT2D eigenvalue weighted by Crippen LogP contribution is 2.32. The van der Waals surface area contributed by atoms with E-state index in [0.29, 0.717) is 18.9 Å². The van der Waals surface area contributed by atoms with E-state index < -0.39 is 9.84 Å². The van der Waals surface area contributed by atoms with Gasteiger partial charge in [-0.05, 0) is 37.2 Å². The molecule has 0 spiro atoms. The van der Waals surface area contributed by atoms with Gasteiger partial charge in [0.15, 0.2) is 0 Å². The maximum absolute atomic E-state index is 12.6. The van der Waals surface area contributed by atoms with Crippen LogP contribution in [0.2, 0.25) is 0 Å². The predicted octanol–water partition coefficient (Wildman–Crippen LogP) is 0.793. The van der Waals surface area contributed by atoms with E-state index in [1.54, 1.807) is 4.68 Å². The van der Waals surface area contributed by atoms with E-state index in [1.165, 1.54) is 19.1 Å². The van der Waals surface area contributed by atoms with E-state index in [9.17, 15) is 13.2 Å². The first kappa shape index (κ1) is 18.4. The molecule has 0 bridgehead atoms. The molecule has 1 aliphatic carbocycles. The van der Waals surface area contributed by atoms with Crippen LogP contribution in [-0.2, 0) is 32.8 Å². The number of carbonyl (C=O) groups excluding carboxylic acids is 1. The Morgan fingerprint density at radius 2 is 2.12 bits per heavy atom. The molecule has 3 rings (SSSR count). The second-order valence-electron chi connectivity index (χ2n) is 7.36. The van der Waals surface area contributed by atoms with Crippen molar-refractivity contribution in [3.8, 4) is 0 Å². The SMILES string of the molecule is Cn1cc(C[C@H]2[C@H](OCC3CC3)CCN2C(=O)CCS(C)(=O)=O)cn1. The van der Waals surface area contributed by atoms with Crippen LogP contribution in [0, 0.1) is 5.92 Å². The number of hydrogen-bond acceptors (Lipinski definition) is 5. The number of rotatable bonds is 8. The van der Waals surface area contributed by atoms with Crippen molar-refractivity contribution in [1.29, 1.82) is 0 Å². The van der Waals surface area contributed by atoms with Crippen molar-refractivity contribution in [3.63, 3.8) is 0 Å². The Balaban J connectivity index is 1.67. The van der Waals surface area contributed by atoms with Crippen LogP contribution in [0.5, 0.6) is 0 Å². The maximum Gasteiger partial charge on any atom is 0.223 e. The molecule has 1 aromatic heterocycles. The zero-order chi connectivity index (χ0) is 18.0. The fraction of sp³-hybridized carbons (Fsp3) is 0.765. The fourth-order valence-electron chi connectivity index (χ4n) is 3.35. The summed E-state index contributed by atoms with van der Waals surface area (Å²) in [6.45, 7) is 1.39. The van der Waals surface area contributed by atoms with Crippen LogP contribution in [0.1, 0.15) is 31.2 Å². The highest BCUT2D eigenvalue weighted by Gasteiger charge is 2.38. The zero-order valence-corrected chi connectivity index (χ0v) is 15.7. The Hall–Kier alpha value is -1.41. The van der Waals surface area contributed by atoms with Gasteiger partial charge in [0, 0.05) is 39.1 Å². The van der Waals surface area contributed by atoms with Gasteiger partial charge in [0.1, 0.15) is 9.84 Å². The minimum Gasteiger partial charge on any atom is -0.376 e. The lowest BCUT2D eigenvalue weighted by Crippen LogP contribution is -2.42. The number of ether oxygens (including phenoxy) is 1. The molecule has 0 radical (unpaired) electrons. The van der Waals surface area contributed by atoms with Gasteiger partial charge >= 0.3 is 0 Å². The molecular formula is C17H27N3O4S. The summed E-state index contributed by atoms with van der Waals surface area (Å²) in [4.78, 5) is 14.4. The molecule has 2 aliphatic rings. The molecule has 25 heavy (non-hydrogen) atoms. The Morgan fingerprint density at radius 1 is 1.36 bits per heavy atom. The van der Waals surface area contributed by atoms with E-state index in [2.05, 4.69) is 5.10 Å². The van der Waals surface area contributed by atoms with E-state index in [-0.39, 0.29) is 30.2 Å². The summed E-state index contributed by atoms with van der Waals surface area (Å²) in [7, 11) is -1.27. The minimum atomic E-state index is -3.14. The van der Waals surface area contributed by atoms with Gasteiger partial charge in [0.25, 0.3) is 0 Å². The third-order valence-corrected chi connectivity index (χ3v) is 5.88. The van der Waals surface area contributed by atoms with Crippen molar-refractivity contribution in [3.05, 3.63) is 18.0 Å². The monoisotopic (exact) mass is 369 g/mol. The third kappa shape index (κ3) is 5.28. The summed E-state index contributed by atoms with van der Waals surface area (Å²) in [6.07, 6.45) is 8.95. The number of carbonyl (C=O) groups is 1. The number of nitrogens with zero attached hydrogens (tertiary/aromatic N) is 3. The van der Waals surface area contributed by atoms with E-state index in [4.69, 9.17) is 4.74 Å².